The van der Waals surface area contributed by atoms with Gasteiger partial charge < -0.3 is 16.0 Å². The van der Waals surface area contributed by atoms with Gasteiger partial charge >= 0.3 is 0 Å². The van der Waals surface area contributed by atoms with Gasteiger partial charge in [-0.2, -0.15) is 0 Å². The highest BCUT2D eigenvalue weighted by Crippen LogP contribution is 2.24. The first kappa shape index (κ1) is 19.6. The average Bonchev–Trinajstić information content (AvgIpc) is 3.12. The second-order valence-corrected chi connectivity index (χ2v) is 7.13. The monoisotopic (exact) mass is 399 g/mol. The van der Waals surface area contributed by atoms with E-state index in [0.717, 1.165) is 21.0 Å². The molecule has 3 aromatic rings. The number of fused-ring (bicyclic) bond motifs is 1. The van der Waals surface area contributed by atoms with Crippen molar-refractivity contribution in [3.63, 3.8) is 0 Å². The van der Waals surface area contributed by atoms with Crippen molar-refractivity contribution in [1.29, 1.82) is 0 Å². The standard InChI is InChI=1S/C19H21N5O3S/c25-18(6-3-11-20-14-7-9-15(10-8-14)24(26)27)21-12-13-22-19-23-16-4-1-2-5-17(16)28-19/h1-2,4-5,7-10,20H,3,6,11-13H2,(H,21,25)(H,22,23). The maximum Gasteiger partial charge on any atom is 0.269 e. The van der Waals surface area contributed by atoms with Crippen molar-refractivity contribution in [2.45, 2.75) is 12.8 Å². The lowest BCUT2D eigenvalue weighted by Gasteiger charge is -2.07. The fourth-order valence-electron chi connectivity index (χ4n) is 2.59. The van der Waals surface area contributed by atoms with Crippen LogP contribution in [0.15, 0.2) is 48.5 Å². The molecule has 0 aliphatic carbocycles. The first-order chi connectivity index (χ1) is 13.6. The molecule has 28 heavy (non-hydrogen) atoms. The molecule has 3 N–H and O–H groups in total. The number of carbonyl (C=O) groups is 1. The first-order valence-corrected chi connectivity index (χ1v) is 9.78. The highest BCUT2D eigenvalue weighted by Gasteiger charge is 2.05. The lowest BCUT2D eigenvalue weighted by Crippen LogP contribution is -2.28. The molecule has 3 rings (SSSR count). The van der Waals surface area contributed by atoms with Gasteiger partial charge in [0, 0.05) is 43.9 Å². The summed E-state index contributed by atoms with van der Waals surface area (Å²) in [7, 11) is 0. The summed E-state index contributed by atoms with van der Waals surface area (Å²) in [5.41, 5.74) is 1.83. The summed E-state index contributed by atoms with van der Waals surface area (Å²) < 4.78 is 1.13. The summed E-state index contributed by atoms with van der Waals surface area (Å²) in [6.45, 7) is 1.77. The van der Waals surface area contributed by atoms with Crippen LogP contribution < -0.4 is 16.0 Å². The van der Waals surface area contributed by atoms with E-state index >= 15 is 0 Å². The summed E-state index contributed by atoms with van der Waals surface area (Å²) in [5.74, 6) is -0.00315. The van der Waals surface area contributed by atoms with Crippen LogP contribution >= 0.6 is 11.3 Å². The number of rotatable bonds is 10. The minimum Gasteiger partial charge on any atom is -0.385 e. The van der Waals surface area contributed by atoms with E-state index in [2.05, 4.69) is 20.9 Å². The van der Waals surface area contributed by atoms with Crippen LogP contribution in [0.3, 0.4) is 0 Å². The molecule has 9 heteroatoms. The zero-order chi connectivity index (χ0) is 19.8. The number of aromatic nitrogens is 1. The summed E-state index contributed by atoms with van der Waals surface area (Å²) in [5, 5.41) is 20.7. The highest BCUT2D eigenvalue weighted by atomic mass is 32.1. The van der Waals surface area contributed by atoms with Gasteiger partial charge in [-0.3, -0.25) is 14.9 Å². The Balaban J connectivity index is 1.27. The fourth-order valence-corrected chi connectivity index (χ4v) is 3.48. The number of para-hydroxylation sites is 1. The SMILES string of the molecule is O=C(CCCNc1ccc([N+](=O)[O-])cc1)NCCNc1nc2ccccc2s1. The van der Waals surface area contributed by atoms with Crippen LogP contribution in [0.4, 0.5) is 16.5 Å². The summed E-state index contributed by atoms with van der Waals surface area (Å²) >= 11 is 1.59. The van der Waals surface area contributed by atoms with E-state index < -0.39 is 4.92 Å². The number of non-ortho nitro benzene ring substituents is 1. The smallest absolute Gasteiger partial charge is 0.269 e. The molecule has 0 saturated heterocycles. The molecule has 1 aromatic heterocycles. The van der Waals surface area contributed by atoms with E-state index in [0.29, 0.717) is 32.5 Å². The molecule has 0 radical (unpaired) electrons. The third kappa shape index (κ3) is 5.65. The summed E-state index contributed by atoms with van der Waals surface area (Å²) in [4.78, 5) is 26.5. The van der Waals surface area contributed by atoms with Crippen LogP contribution in [0, 0.1) is 10.1 Å². The Morgan fingerprint density at radius 1 is 1.04 bits per heavy atom. The van der Waals surface area contributed by atoms with E-state index in [1.165, 1.54) is 12.1 Å². The van der Waals surface area contributed by atoms with Crippen molar-refractivity contribution >= 4 is 44.0 Å². The van der Waals surface area contributed by atoms with E-state index in [9.17, 15) is 14.9 Å². The number of hydrogen-bond acceptors (Lipinski definition) is 7. The Morgan fingerprint density at radius 2 is 1.82 bits per heavy atom. The topological polar surface area (TPSA) is 109 Å². The summed E-state index contributed by atoms with van der Waals surface area (Å²) in [6, 6.07) is 14.2. The number of hydrogen-bond donors (Lipinski definition) is 3. The number of thiazole rings is 1. The van der Waals surface area contributed by atoms with E-state index in [-0.39, 0.29) is 11.6 Å². The van der Waals surface area contributed by atoms with Crippen molar-refractivity contribution in [3.05, 3.63) is 58.6 Å². The molecular formula is C19H21N5O3S. The van der Waals surface area contributed by atoms with Crippen molar-refractivity contribution in [2.24, 2.45) is 0 Å². The lowest BCUT2D eigenvalue weighted by atomic mass is 10.2. The molecule has 2 aromatic carbocycles. The molecule has 0 fully saturated rings. The molecule has 8 nitrogen and oxygen atoms in total. The van der Waals surface area contributed by atoms with E-state index in [4.69, 9.17) is 0 Å². The average molecular weight is 399 g/mol. The van der Waals surface area contributed by atoms with Gasteiger partial charge in [-0.15, -0.1) is 0 Å². The van der Waals surface area contributed by atoms with E-state index in [1.807, 2.05) is 24.3 Å². The third-order valence-corrected chi connectivity index (χ3v) is 5.00. The Kier molecular flexibility index (Phi) is 6.74. The van der Waals surface area contributed by atoms with Crippen molar-refractivity contribution in [3.8, 4) is 0 Å². The Bertz CT molecular complexity index is 909. The molecule has 0 unspecified atom stereocenters. The minimum absolute atomic E-state index is 0.00315. The van der Waals surface area contributed by atoms with Gasteiger partial charge in [0.1, 0.15) is 0 Å². The quantitative estimate of drug-likeness (QED) is 0.273. The second-order valence-electron chi connectivity index (χ2n) is 6.10. The minimum atomic E-state index is -0.431. The molecule has 0 saturated carbocycles. The number of nitrogens with one attached hydrogen (secondary N) is 3. The summed E-state index contributed by atoms with van der Waals surface area (Å²) in [6.07, 6.45) is 1.09. The number of carbonyl (C=O) groups excluding carboxylic acids is 1. The number of nitro groups is 1. The molecule has 0 bridgehead atoms. The zero-order valence-corrected chi connectivity index (χ0v) is 16.0. The second kappa shape index (κ2) is 9.65. The van der Waals surface area contributed by atoms with Crippen LogP contribution in [-0.4, -0.2) is 35.4 Å². The van der Waals surface area contributed by atoms with E-state index in [1.54, 1.807) is 23.5 Å². The Hall–Kier alpha value is -3.20. The zero-order valence-electron chi connectivity index (χ0n) is 15.2. The molecule has 0 spiro atoms. The Labute approximate surface area is 166 Å². The van der Waals surface area contributed by atoms with Crippen LogP contribution in [0.5, 0.6) is 0 Å². The van der Waals surface area contributed by atoms with Crippen LogP contribution in [0.2, 0.25) is 0 Å². The molecule has 0 atom stereocenters. The van der Waals surface area contributed by atoms with Gasteiger partial charge in [0.15, 0.2) is 5.13 Å². The molecule has 1 amide bonds. The fraction of sp³-hybridized carbons (Fsp3) is 0.263. The number of benzene rings is 2. The lowest BCUT2D eigenvalue weighted by molar-refractivity contribution is -0.384. The van der Waals surface area contributed by atoms with Crippen LogP contribution in [0.25, 0.3) is 10.2 Å². The largest absolute Gasteiger partial charge is 0.385 e. The number of anilines is 2. The third-order valence-electron chi connectivity index (χ3n) is 4.01. The van der Waals surface area contributed by atoms with Gasteiger partial charge in [-0.25, -0.2) is 4.98 Å². The molecule has 0 aliphatic heterocycles. The maximum absolute atomic E-state index is 11.9. The van der Waals surface area contributed by atoms with Crippen LogP contribution in [-0.2, 0) is 4.79 Å². The predicted octanol–water partition coefficient (Wildman–Crippen LogP) is 3.62. The van der Waals surface area contributed by atoms with Gasteiger partial charge in [-0.05, 0) is 30.7 Å². The highest BCUT2D eigenvalue weighted by molar-refractivity contribution is 7.22. The van der Waals surface area contributed by atoms with Crippen molar-refractivity contribution in [1.82, 2.24) is 10.3 Å². The maximum atomic E-state index is 11.9. The number of amides is 1. The van der Waals surface area contributed by atoms with Crippen molar-refractivity contribution in [2.75, 3.05) is 30.3 Å². The Morgan fingerprint density at radius 3 is 2.57 bits per heavy atom. The van der Waals surface area contributed by atoms with Crippen LogP contribution in [0.1, 0.15) is 12.8 Å². The predicted molar refractivity (Wildman–Crippen MR) is 112 cm³/mol. The number of nitrogens with zero attached hydrogens (tertiary/aromatic N) is 2. The van der Waals surface area contributed by atoms with Gasteiger partial charge in [0.25, 0.3) is 5.69 Å². The van der Waals surface area contributed by atoms with Gasteiger partial charge in [0.05, 0.1) is 15.1 Å². The van der Waals surface area contributed by atoms with Crippen molar-refractivity contribution < 1.29 is 9.72 Å². The number of nitro benzene ring substituents is 1. The van der Waals surface area contributed by atoms with Gasteiger partial charge in [0.2, 0.25) is 5.91 Å². The molecule has 146 valence electrons. The molecule has 1 heterocycles. The molecular weight excluding hydrogens is 378 g/mol. The molecule has 0 aliphatic rings. The van der Waals surface area contributed by atoms with Gasteiger partial charge in [-0.1, -0.05) is 23.5 Å². The normalized spacial score (nSPS) is 10.6. The first-order valence-electron chi connectivity index (χ1n) is 8.96.